The van der Waals surface area contributed by atoms with Crippen LogP contribution in [0.25, 0.3) is 0 Å². The van der Waals surface area contributed by atoms with Gasteiger partial charge in [0.05, 0.1) is 5.56 Å². The maximum Gasteiger partial charge on any atom is 0.416 e. The Labute approximate surface area is 170 Å². The summed E-state index contributed by atoms with van der Waals surface area (Å²) in [4.78, 5) is 24.2. The number of para-hydroxylation sites is 1. The van der Waals surface area contributed by atoms with E-state index in [4.69, 9.17) is 4.74 Å². The van der Waals surface area contributed by atoms with Gasteiger partial charge in [-0.3, -0.25) is 9.59 Å². The van der Waals surface area contributed by atoms with E-state index in [1.54, 1.807) is 42.5 Å². The SMILES string of the molecule is O=C(COc1cccc(NC(=O)c2cccc(C(F)(F)F)c2)c1)Nc1ccccc1. The van der Waals surface area contributed by atoms with Crippen LogP contribution < -0.4 is 15.4 Å². The van der Waals surface area contributed by atoms with E-state index in [1.807, 2.05) is 6.07 Å². The molecule has 2 N–H and O–H groups in total. The Kier molecular flexibility index (Phi) is 6.36. The van der Waals surface area contributed by atoms with Crippen molar-refractivity contribution < 1.29 is 27.5 Å². The maximum atomic E-state index is 12.8. The highest BCUT2D eigenvalue weighted by Crippen LogP contribution is 2.29. The second-order valence-corrected chi connectivity index (χ2v) is 6.26. The van der Waals surface area contributed by atoms with Crippen molar-refractivity contribution in [2.75, 3.05) is 17.2 Å². The van der Waals surface area contributed by atoms with Crippen molar-refractivity contribution in [1.29, 1.82) is 0 Å². The van der Waals surface area contributed by atoms with Gasteiger partial charge in [0.15, 0.2) is 6.61 Å². The largest absolute Gasteiger partial charge is 0.484 e. The first kappa shape index (κ1) is 20.9. The fourth-order valence-electron chi connectivity index (χ4n) is 2.57. The van der Waals surface area contributed by atoms with Gasteiger partial charge in [-0.15, -0.1) is 0 Å². The maximum absolute atomic E-state index is 12.8. The minimum atomic E-state index is -4.54. The molecule has 3 aromatic carbocycles. The summed E-state index contributed by atoms with van der Waals surface area (Å²) in [6, 6.07) is 19.2. The molecule has 0 aliphatic rings. The van der Waals surface area contributed by atoms with E-state index in [2.05, 4.69) is 10.6 Å². The van der Waals surface area contributed by atoms with Crippen LogP contribution in [0.1, 0.15) is 15.9 Å². The van der Waals surface area contributed by atoms with Gasteiger partial charge < -0.3 is 15.4 Å². The van der Waals surface area contributed by atoms with E-state index in [-0.39, 0.29) is 18.1 Å². The molecule has 0 aliphatic heterocycles. The predicted molar refractivity (Wildman–Crippen MR) is 106 cm³/mol. The van der Waals surface area contributed by atoms with Crippen LogP contribution in [0.5, 0.6) is 5.75 Å². The number of alkyl halides is 3. The van der Waals surface area contributed by atoms with E-state index in [0.29, 0.717) is 17.1 Å². The molecule has 0 aromatic heterocycles. The molecule has 3 rings (SSSR count). The van der Waals surface area contributed by atoms with Gasteiger partial charge in [-0.2, -0.15) is 13.2 Å². The highest BCUT2D eigenvalue weighted by Gasteiger charge is 2.30. The quantitative estimate of drug-likeness (QED) is 0.598. The van der Waals surface area contributed by atoms with Gasteiger partial charge >= 0.3 is 6.18 Å². The topological polar surface area (TPSA) is 67.4 Å². The molecule has 8 heteroatoms. The third-order valence-corrected chi connectivity index (χ3v) is 3.97. The Morgan fingerprint density at radius 1 is 0.800 bits per heavy atom. The van der Waals surface area contributed by atoms with Gasteiger partial charge in [-0.1, -0.05) is 30.3 Å². The molecule has 3 aromatic rings. The molecule has 30 heavy (non-hydrogen) atoms. The van der Waals surface area contributed by atoms with Crippen molar-refractivity contribution in [1.82, 2.24) is 0 Å². The van der Waals surface area contributed by atoms with E-state index < -0.39 is 17.6 Å². The fraction of sp³-hybridized carbons (Fsp3) is 0.0909. The summed E-state index contributed by atoms with van der Waals surface area (Å²) in [5.74, 6) is -0.736. The zero-order chi connectivity index (χ0) is 21.6. The van der Waals surface area contributed by atoms with Gasteiger partial charge in [-0.05, 0) is 42.5 Å². The smallest absolute Gasteiger partial charge is 0.416 e. The van der Waals surface area contributed by atoms with E-state index in [1.165, 1.54) is 18.2 Å². The van der Waals surface area contributed by atoms with Crippen molar-refractivity contribution in [3.8, 4) is 5.75 Å². The van der Waals surface area contributed by atoms with Gasteiger partial charge in [0.1, 0.15) is 5.75 Å². The van der Waals surface area contributed by atoms with Crippen molar-refractivity contribution in [2.45, 2.75) is 6.18 Å². The Morgan fingerprint density at radius 3 is 2.23 bits per heavy atom. The van der Waals surface area contributed by atoms with Gasteiger partial charge in [-0.25, -0.2) is 0 Å². The second-order valence-electron chi connectivity index (χ2n) is 6.26. The molecular weight excluding hydrogens is 397 g/mol. The number of amides is 2. The summed E-state index contributed by atoms with van der Waals surface area (Å²) in [6.07, 6.45) is -4.54. The fourth-order valence-corrected chi connectivity index (χ4v) is 2.57. The van der Waals surface area contributed by atoms with Crippen molar-refractivity contribution in [2.24, 2.45) is 0 Å². The zero-order valence-corrected chi connectivity index (χ0v) is 15.6. The molecule has 0 radical (unpaired) electrons. The molecule has 2 amide bonds. The molecule has 0 saturated carbocycles. The molecule has 0 unspecified atom stereocenters. The van der Waals surface area contributed by atoms with Gasteiger partial charge in [0.2, 0.25) is 0 Å². The number of hydrogen-bond acceptors (Lipinski definition) is 3. The normalized spacial score (nSPS) is 10.9. The molecule has 0 fully saturated rings. The lowest BCUT2D eigenvalue weighted by atomic mass is 10.1. The number of rotatable bonds is 6. The first-order valence-electron chi connectivity index (χ1n) is 8.87. The Morgan fingerprint density at radius 2 is 1.50 bits per heavy atom. The number of hydrogen-bond donors (Lipinski definition) is 2. The van der Waals surface area contributed by atoms with E-state index in [9.17, 15) is 22.8 Å². The van der Waals surface area contributed by atoms with Crippen LogP contribution in [0.3, 0.4) is 0 Å². The number of benzene rings is 3. The van der Waals surface area contributed by atoms with Crippen LogP contribution in [-0.4, -0.2) is 18.4 Å². The molecule has 0 bridgehead atoms. The van der Waals surface area contributed by atoms with Crippen LogP contribution >= 0.6 is 0 Å². The number of carbonyl (C=O) groups excluding carboxylic acids is 2. The Hall–Kier alpha value is -3.81. The highest BCUT2D eigenvalue weighted by molar-refractivity contribution is 6.04. The number of ether oxygens (including phenoxy) is 1. The molecule has 0 spiro atoms. The summed E-state index contributed by atoms with van der Waals surface area (Å²) in [5, 5.41) is 5.19. The molecule has 0 saturated heterocycles. The van der Waals surface area contributed by atoms with Gasteiger partial charge in [0.25, 0.3) is 11.8 Å². The summed E-state index contributed by atoms with van der Waals surface area (Å²) in [7, 11) is 0. The highest BCUT2D eigenvalue weighted by atomic mass is 19.4. The number of halogens is 3. The van der Waals surface area contributed by atoms with Crippen LogP contribution in [0, 0.1) is 0 Å². The first-order chi connectivity index (χ1) is 14.3. The van der Waals surface area contributed by atoms with Crippen LogP contribution in [-0.2, 0) is 11.0 Å². The molecule has 154 valence electrons. The molecule has 0 atom stereocenters. The standard InChI is InChI=1S/C22H17F3N2O3/c23-22(24,25)16-7-4-6-15(12-16)21(29)27-18-10-5-11-19(13-18)30-14-20(28)26-17-8-2-1-3-9-17/h1-13H,14H2,(H,26,28)(H,27,29). The second kappa shape index (κ2) is 9.13. The third-order valence-electron chi connectivity index (χ3n) is 3.97. The lowest BCUT2D eigenvalue weighted by Crippen LogP contribution is -2.20. The van der Waals surface area contributed by atoms with Crippen molar-refractivity contribution in [3.63, 3.8) is 0 Å². The summed E-state index contributed by atoms with van der Waals surface area (Å²) in [6.45, 7) is -0.250. The molecule has 0 aliphatic carbocycles. The van der Waals surface area contributed by atoms with Crippen molar-refractivity contribution >= 4 is 23.2 Å². The molecule has 0 heterocycles. The average Bonchev–Trinajstić information content (AvgIpc) is 2.73. The Balaban J connectivity index is 1.60. The number of carbonyl (C=O) groups is 2. The number of nitrogens with one attached hydrogen (secondary N) is 2. The molecular formula is C22H17F3N2O3. The lowest BCUT2D eigenvalue weighted by molar-refractivity contribution is -0.137. The zero-order valence-electron chi connectivity index (χ0n) is 15.6. The van der Waals surface area contributed by atoms with Crippen molar-refractivity contribution in [3.05, 3.63) is 90.0 Å². The summed E-state index contributed by atoms with van der Waals surface area (Å²) >= 11 is 0. The average molecular weight is 414 g/mol. The monoisotopic (exact) mass is 414 g/mol. The minimum absolute atomic E-state index is 0.126. The lowest BCUT2D eigenvalue weighted by Gasteiger charge is -2.11. The Bertz CT molecular complexity index is 1040. The van der Waals surface area contributed by atoms with Crippen LogP contribution in [0.4, 0.5) is 24.5 Å². The van der Waals surface area contributed by atoms with Gasteiger partial charge in [0, 0.05) is 23.0 Å². The first-order valence-corrected chi connectivity index (χ1v) is 8.87. The summed E-state index contributed by atoms with van der Waals surface area (Å²) < 4.78 is 43.9. The predicted octanol–water partition coefficient (Wildman–Crippen LogP) is 4.98. The van der Waals surface area contributed by atoms with Crippen LogP contribution in [0.15, 0.2) is 78.9 Å². The third kappa shape index (κ3) is 5.84. The van der Waals surface area contributed by atoms with Crippen LogP contribution in [0.2, 0.25) is 0 Å². The number of anilines is 2. The van der Waals surface area contributed by atoms with E-state index >= 15 is 0 Å². The minimum Gasteiger partial charge on any atom is -0.484 e. The van der Waals surface area contributed by atoms with E-state index in [0.717, 1.165) is 12.1 Å². The summed E-state index contributed by atoms with van der Waals surface area (Å²) in [5.41, 5.74) is -0.0818. The molecule has 5 nitrogen and oxygen atoms in total.